The van der Waals surface area contributed by atoms with E-state index in [9.17, 15) is 0 Å². The zero-order valence-corrected chi connectivity index (χ0v) is 11.3. The molecule has 3 heteroatoms. The Kier molecular flexibility index (Phi) is 3.57. The van der Waals surface area contributed by atoms with Crippen molar-refractivity contribution in [3.63, 3.8) is 0 Å². The number of rotatable bonds is 3. The van der Waals surface area contributed by atoms with E-state index in [2.05, 4.69) is 25.0 Å². The van der Waals surface area contributed by atoms with Gasteiger partial charge in [-0.3, -0.25) is 4.68 Å². The molecule has 1 aromatic heterocycles. The number of nitrogens with two attached hydrogens (primary N) is 1. The second kappa shape index (κ2) is 4.81. The highest BCUT2D eigenvalue weighted by molar-refractivity contribution is 5.01. The molecular weight excluding hydrogens is 210 g/mol. The van der Waals surface area contributed by atoms with Gasteiger partial charge in [0.25, 0.3) is 0 Å². The highest BCUT2D eigenvalue weighted by atomic mass is 15.2. The molecule has 17 heavy (non-hydrogen) atoms. The number of aryl methyl sites for hydroxylation is 2. The van der Waals surface area contributed by atoms with Gasteiger partial charge in [-0.2, -0.15) is 5.10 Å². The van der Waals surface area contributed by atoms with Gasteiger partial charge in [-0.25, -0.2) is 0 Å². The SMILES string of the molecule is Cn1nccc1CCC1CC(C)(C)CCC1N. The summed E-state index contributed by atoms with van der Waals surface area (Å²) in [5, 5.41) is 4.21. The summed E-state index contributed by atoms with van der Waals surface area (Å²) in [6.07, 6.45) is 7.90. The van der Waals surface area contributed by atoms with Crippen LogP contribution in [0.3, 0.4) is 0 Å². The van der Waals surface area contributed by atoms with Gasteiger partial charge in [-0.15, -0.1) is 0 Å². The summed E-state index contributed by atoms with van der Waals surface area (Å²) < 4.78 is 1.97. The molecule has 0 amide bonds. The molecule has 0 bridgehead atoms. The van der Waals surface area contributed by atoms with Crippen LogP contribution in [0.4, 0.5) is 0 Å². The maximum Gasteiger partial charge on any atom is 0.0492 e. The van der Waals surface area contributed by atoms with Crippen LogP contribution in [0.1, 0.15) is 45.2 Å². The summed E-state index contributed by atoms with van der Waals surface area (Å²) in [7, 11) is 2.01. The maximum atomic E-state index is 6.26. The normalized spacial score (nSPS) is 28.2. The lowest BCUT2D eigenvalue weighted by molar-refractivity contribution is 0.150. The Labute approximate surface area is 104 Å². The zero-order chi connectivity index (χ0) is 12.5. The molecule has 0 spiro atoms. The van der Waals surface area contributed by atoms with E-state index in [0.717, 1.165) is 6.42 Å². The van der Waals surface area contributed by atoms with Gasteiger partial charge in [-0.1, -0.05) is 13.8 Å². The summed E-state index contributed by atoms with van der Waals surface area (Å²) in [6.45, 7) is 4.74. The molecule has 0 aromatic carbocycles. The first-order valence-corrected chi connectivity index (χ1v) is 6.70. The molecular formula is C14H25N3. The Balaban J connectivity index is 1.91. The Morgan fingerprint density at radius 3 is 2.94 bits per heavy atom. The van der Waals surface area contributed by atoms with Gasteiger partial charge in [-0.05, 0) is 49.5 Å². The third-order valence-electron chi connectivity index (χ3n) is 4.27. The second-order valence-electron chi connectivity index (χ2n) is 6.32. The lowest BCUT2D eigenvalue weighted by Gasteiger charge is -2.39. The van der Waals surface area contributed by atoms with Crippen molar-refractivity contribution in [3.05, 3.63) is 18.0 Å². The van der Waals surface area contributed by atoms with Gasteiger partial charge >= 0.3 is 0 Å². The molecule has 2 rings (SSSR count). The summed E-state index contributed by atoms with van der Waals surface area (Å²) in [6, 6.07) is 2.51. The molecule has 2 N–H and O–H groups in total. The lowest BCUT2D eigenvalue weighted by atomic mass is 9.69. The van der Waals surface area contributed by atoms with Crippen molar-refractivity contribution < 1.29 is 0 Å². The highest BCUT2D eigenvalue weighted by Gasteiger charge is 2.32. The van der Waals surface area contributed by atoms with E-state index in [0.29, 0.717) is 17.4 Å². The summed E-state index contributed by atoms with van der Waals surface area (Å²) in [5.41, 5.74) is 8.05. The lowest BCUT2D eigenvalue weighted by Crippen LogP contribution is -2.39. The quantitative estimate of drug-likeness (QED) is 0.875. The van der Waals surface area contributed by atoms with Crippen LogP contribution in [0, 0.1) is 11.3 Å². The minimum atomic E-state index is 0.399. The first kappa shape index (κ1) is 12.6. The molecule has 1 saturated carbocycles. The van der Waals surface area contributed by atoms with Crippen LogP contribution < -0.4 is 5.73 Å². The van der Waals surface area contributed by atoms with Crippen LogP contribution in [0.25, 0.3) is 0 Å². The summed E-state index contributed by atoms with van der Waals surface area (Å²) >= 11 is 0. The van der Waals surface area contributed by atoms with Gasteiger partial charge in [0.05, 0.1) is 0 Å². The van der Waals surface area contributed by atoms with Crippen molar-refractivity contribution in [2.24, 2.45) is 24.1 Å². The molecule has 0 aliphatic heterocycles. The van der Waals surface area contributed by atoms with Crippen LogP contribution in [0.2, 0.25) is 0 Å². The average Bonchev–Trinajstić information content (AvgIpc) is 2.66. The Hall–Kier alpha value is -0.830. The van der Waals surface area contributed by atoms with E-state index < -0.39 is 0 Å². The Morgan fingerprint density at radius 2 is 2.29 bits per heavy atom. The largest absolute Gasteiger partial charge is 0.327 e. The van der Waals surface area contributed by atoms with E-state index >= 15 is 0 Å². The van der Waals surface area contributed by atoms with Crippen LogP contribution >= 0.6 is 0 Å². The van der Waals surface area contributed by atoms with E-state index in [1.807, 2.05) is 17.9 Å². The summed E-state index contributed by atoms with van der Waals surface area (Å²) in [5.74, 6) is 0.675. The molecule has 3 nitrogen and oxygen atoms in total. The van der Waals surface area contributed by atoms with E-state index in [1.165, 1.54) is 31.4 Å². The Morgan fingerprint density at radius 1 is 1.53 bits per heavy atom. The van der Waals surface area contributed by atoms with Crippen molar-refractivity contribution in [2.45, 2.75) is 52.0 Å². The first-order valence-electron chi connectivity index (χ1n) is 6.70. The van der Waals surface area contributed by atoms with Gasteiger partial charge < -0.3 is 5.73 Å². The van der Waals surface area contributed by atoms with Gasteiger partial charge in [0.2, 0.25) is 0 Å². The standard InChI is InChI=1S/C14H25N3/c1-14(2)8-6-13(15)11(10-14)4-5-12-7-9-16-17(12)3/h7,9,11,13H,4-6,8,10,15H2,1-3H3. The van der Waals surface area contributed by atoms with Crippen molar-refractivity contribution in [3.8, 4) is 0 Å². The minimum Gasteiger partial charge on any atom is -0.327 e. The monoisotopic (exact) mass is 235 g/mol. The maximum absolute atomic E-state index is 6.26. The third-order valence-corrected chi connectivity index (χ3v) is 4.27. The molecule has 96 valence electrons. The van der Waals surface area contributed by atoms with Crippen molar-refractivity contribution in [2.75, 3.05) is 0 Å². The van der Waals surface area contributed by atoms with E-state index in [4.69, 9.17) is 5.73 Å². The zero-order valence-electron chi connectivity index (χ0n) is 11.3. The summed E-state index contributed by atoms with van der Waals surface area (Å²) in [4.78, 5) is 0. The highest BCUT2D eigenvalue weighted by Crippen LogP contribution is 2.39. The first-order chi connectivity index (χ1) is 7.98. The molecule has 0 saturated heterocycles. The van der Waals surface area contributed by atoms with Crippen molar-refractivity contribution in [1.29, 1.82) is 0 Å². The van der Waals surface area contributed by atoms with Crippen LogP contribution in [-0.4, -0.2) is 15.8 Å². The van der Waals surface area contributed by atoms with E-state index in [1.54, 1.807) is 0 Å². The van der Waals surface area contributed by atoms with Crippen molar-refractivity contribution >= 4 is 0 Å². The molecule has 1 aliphatic carbocycles. The molecule has 0 radical (unpaired) electrons. The number of hydrogen-bond donors (Lipinski definition) is 1. The van der Waals surface area contributed by atoms with Gasteiger partial charge in [0, 0.05) is 25.0 Å². The molecule has 1 fully saturated rings. The fourth-order valence-corrected chi connectivity index (χ4v) is 3.05. The molecule has 2 atom stereocenters. The van der Waals surface area contributed by atoms with Crippen LogP contribution in [0.15, 0.2) is 12.3 Å². The number of hydrogen-bond acceptors (Lipinski definition) is 2. The average molecular weight is 235 g/mol. The smallest absolute Gasteiger partial charge is 0.0492 e. The number of aromatic nitrogens is 2. The van der Waals surface area contributed by atoms with Crippen LogP contribution in [-0.2, 0) is 13.5 Å². The fourth-order valence-electron chi connectivity index (χ4n) is 3.05. The van der Waals surface area contributed by atoms with Crippen LogP contribution in [0.5, 0.6) is 0 Å². The second-order valence-corrected chi connectivity index (χ2v) is 6.32. The molecule has 2 unspecified atom stereocenters. The number of nitrogens with zero attached hydrogens (tertiary/aromatic N) is 2. The van der Waals surface area contributed by atoms with Crippen molar-refractivity contribution in [1.82, 2.24) is 9.78 Å². The molecule has 1 heterocycles. The minimum absolute atomic E-state index is 0.399. The predicted octanol–water partition coefficient (Wildman–Crippen LogP) is 2.51. The molecule has 1 aromatic rings. The predicted molar refractivity (Wildman–Crippen MR) is 70.6 cm³/mol. The molecule has 1 aliphatic rings. The fraction of sp³-hybridized carbons (Fsp3) is 0.786. The van der Waals surface area contributed by atoms with Gasteiger partial charge in [0.1, 0.15) is 0 Å². The third kappa shape index (κ3) is 3.09. The Bertz CT molecular complexity index is 367. The topological polar surface area (TPSA) is 43.8 Å². The van der Waals surface area contributed by atoms with Gasteiger partial charge in [0.15, 0.2) is 0 Å². The van der Waals surface area contributed by atoms with E-state index in [-0.39, 0.29) is 0 Å².